The van der Waals surface area contributed by atoms with Gasteiger partial charge < -0.3 is 9.47 Å². The molecule has 32 heavy (non-hydrogen) atoms. The summed E-state index contributed by atoms with van der Waals surface area (Å²) in [7, 11) is 0. The molecule has 5 heteroatoms. The van der Waals surface area contributed by atoms with E-state index in [9.17, 15) is 4.79 Å². The van der Waals surface area contributed by atoms with E-state index in [1.807, 2.05) is 79.7 Å². The lowest BCUT2D eigenvalue weighted by Gasteiger charge is -2.17. The quantitative estimate of drug-likeness (QED) is 0.234. The zero-order valence-electron chi connectivity index (χ0n) is 17.8. The van der Waals surface area contributed by atoms with E-state index in [1.54, 1.807) is 0 Å². The Kier molecular flexibility index (Phi) is 7.18. The summed E-state index contributed by atoms with van der Waals surface area (Å²) in [5, 5.41) is 0. The summed E-state index contributed by atoms with van der Waals surface area (Å²) < 4.78 is 13.2. The van der Waals surface area contributed by atoms with Crippen molar-refractivity contribution in [2.24, 2.45) is 0 Å². The molecule has 1 heterocycles. The Morgan fingerprint density at radius 1 is 1.06 bits per heavy atom. The number of carbonyl (C=O) groups is 1. The monoisotopic (exact) mass is 506 g/mol. The molecule has 0 N–H and O–H groups in total. The third-order valence-corrected chi connectivity index (χ3v) is 6.62. The molecule has 0 aliphatic carbocycles. The van der Waals surface area contributed by atoms with E-state index in [4.69, 9.17) is 9.47 Å². The molecular formula is C27H23BrO3S. The minimum Gasteiger partial charge on any atom is -0.490 e. The number of fused-ring (bicyclic) bond motifs is 1. The van der Waals surface area contributed by atoms with Gasteiger partial charge in [-0.1, -0.05) is 58.0 Å². The van der Waals surface area contributed by atoms with Crippen molar-refractivity contribution < 1.29 is 14.3 Å². The number of hydrogen-bond acceptors (Lipinski definition) is 4. The van der Waals surface area contributed by atoms with Crippen LogP contribution in [-0.4, -0.2) is 12.4 Å². The second kappa shape index (κ2) is 10.2. The van der Waals surface area contributed by atoms with Crippen molar-refractivity contribution in [2.45, 2.75) is 24.8 Å². The molecule has 0 bridgehead atoms. The number of ketones is 1. The SMILES string of the molecule is C=CCc1cc(/C=C2/Sc3ccccc3C2=O)cc(OCC)c1OCc1ccc(Br)cc1. The fraction of sp³-hybridized carbons (Fsp3) is 0.148. The van der Waals surface area contributed by atoms with Gasteiger partial charge in [-0.25, -0.2) is 0 Å². The van der Waals surface area contributed by atoms with Crippen molar-refractivity contribution >= 4 is 39.6 Å². The molecule has 0 saturated heterocycles. The highest BCUT2D eigenvalue weighted by Gasteiger charge is 2.25. The van der Waals surface area contributed by atoms with Gasteiger partial charge in [0.1, 0.15) is 6.61 Å². The lowest BCUT2D eigenvalue weighted by molar-refractivity contribution is 0.104. The number of carbonyl (C=O) groups excluding carboxylic acids is 1. The molecule has 0 atom stereocenters. The summed E-state index contributed by atoms with van der Waals surface area (Å²) in [5.74, 6) is 1.44. The second-order valence-corrected chi connectivity index (χ2v) is 9.28. The number of hydrogen-bond donors (Lipinski definition) is 0. The van der Waals surface area contributed by atoms with Crippen LogP contribution in [0.4, 0.5) is 0 Å². The fourth-order valence-electron chi connectivity index (χ4n) is 3.52. The average Bonchev–Trinajstić information content (AvgIpc) is 3.10. The highest BCUT2D eigenvalue weighted by Crippen LogP contribution is 2.42. The maximum Gasteiger partial charge on any atom is 0.200 e. The Morgan fingerprint density at radius 3 is 2.56 bits per heavy atom. The molecule has 0 unspecified atom stereocenters. The first-order valence-corrected chi connectivity index (χ1v) is 12.0. The minimum atomic E-state index is 0.0596. The summed E-state index contributed by atoms with van der Waals surface area (Å²) in [5.41, 5.74) is 3.71. The molecule has 0 amide bonds. The van der Waals surface area contributed by atoms with Gasteiger partial charge in [-0.05, 0) is 66.9 Å². The van der Waals surface area contributed by atoms with E-state index in [0.29, 0.717) is 36.0 Å². The number of thioether (sulfide) groups is 1. The Balaban J connectivity index is 1.67. The van der Waals surface area contributed by atoms with Crippen molar-refractivity contribution in [2.75, 3.05) is 6.61 Å². The number of Topliss-reactive ketones (excluding diaryl/α,β-unsaturated/α-hetero) is 1. The van der Waals surface area contributed by atoms with Gasteiger partial charge >= 0.3 is 0 Å². The molecule has 3 aromatic rings. The van der Waals surface area contributed by atoms with Gasteiger partial charge in [-0.2, -0.15) is 0 Å². The molecular weight excluding hydrogens is 484 g/mol. The molecule has 1 aliphatic heterocycles. The molecule has 0 aromatic heterocycles. The predicted octanol–water partition coefficient (Wildman–Crippen LogP) is 7.48. The molecule has 4 rings (SSSR count). The van der Waals surface area contributed by atoms with Gasteiger partial charge in [-0.15, -0.1) is 6.58 Å². The number of rotatable bonds is 8. The van der Waals surface area contributed by atoms with Crippen LogP contribution in [0.3, 0.4) is 0 Å². The van der Waals surface area contributed by atoms with Crippen LogP contribution in [-0.2, 0) is 13.0 Å². The number of benzene rings is 3. The van der Waals surface area contributed by atoms with Gasteiger partial charge in [0.2, 0.25) is 5.78 Å². The summed E-state index contributed by atoms with van der Waals surface area (Å²) in [4.78, 5) is 14.5. The zero-order valence-corrected chi connectivity index (χ0v) is 20.2. The summed E-state index contributed by atoms with van der Waals surface area (Å²) in [6.07, 6.45) is 4.41. The van der Waals surface area contributed by atoms with Crippen LogP contribution in [0, 0.1) is 0 Å². The van der Waals surface area contributed by atoms with E-state index in [-0.39, 0.29) is 5.78 Å². The highest BCUT2D eigenvalue weighted by molar-refractivity contribution is 9.10. The predicted molar refractivity (Wildman–Crippen MR) is 135 cm³/mol. The first-order chi connectivity index (χ1) is 15.6. The highest BCUT2D eigenvalue weighted by atomic mass is 79.9. The van der Waals surface area contributed by atoms with Crippen molar-refractivity contribution in [3.63, 3.8) is 0 Å². The van der Waals surface area contributed by atoms with Gasteiger partial charge in [0.15, 0.2) is 11.5 Å². The normalized spacial score (nSPS) is 13.8. The summed E-state index contributed by atoms with van der Waals surface area (Å²) in [6.45, 7) is 6.79. The standard InChI is InChI=1S/C27H23BrO3S/c1-3-7-20-14-19(16-25-26(29)22-8-5-6-9-24(22)32-25)15-23(30-4-2)27(20)31-17-18-10-12-21(28)13-11-18/h3,5-6,8-16H,1,4,7,17H2,2H3/b25-16+. The number of halogens is 1. The Morgan fingerprint density at radius 2 is 1.84 bits per heavy atom. The molecule has 0 saturated carbocycles. The van der Waals surface area contributed by atoms with E-state index in [0.717, 1.165) is 31.6 Å². The van der Waals surface area contributed by atoms with Crippen LogP contribution in [0.15, 0.2) is 87.6 Å². The first kappa shape index (κ1) is 22.4. The van der Waals surface area contributed by atoms with Crippen molar-refractivity contribution in [3.05, 3.63) is 105 Å². The Hall–Kier alpha value is -2.76. The van der Waals surface area contributed by atoms with Crippen molar-refractivity contribution in [1.29, 1.82) is 0 Å². The second-order valence-electron chi connectivity index (χ2n) is 7.28. The molecule has 0 spiro atoms. The van der Waals surface area contributed by atoms with Crippen LogP contribution < -0.4 is 9.47 Å². The third-order valence-electron chi connectivity index (χ3n) is 4.99. The van der Waals surface area contributed by atoms with Crippen LogP contribution in [0.1, 0.15) is 34.0 Å². The lowest BCUT2D eigenvalue weighted by atomic mass is 10.0. The van der Waals surface area contributed by atoms with Crippen LogP contribution in [0.2, 0.25) is 0 Å². The van der Waals surface area contributed by atoms with Crippen LogP contribution >= 0.6 is 27.7 Å². The van der Waals surface area contributed by atoms with E-state index in [2.05, 4.69) is 22.5 Å². The van der Waals surface area contributed by atoms with Gasteiger partial charge in [0, 0.05) is 20.5 Å². The summed E-state index contributed by atoms with van der Waals surface area (Å²) >= 11 is 4.97. The smallest absolute Gasteiger partial charge is 0.200 e. The van der Waals surface area contributed by atoms with E-state index in [1.165, 1.54) is 11.8 Å². The first-order valence-electron chi connectivity index (χ1n) is 10.4. The zero-order chi connectivity index (χ0) is 22.5. The molecule has 0 fully saturated rings. The van der Waals surface area contributed by atoms with E-state index >= 15 is 0 Å². The molecule has 3 aromatic carbocycles. The van der Waals surface area contributed by atoms with Gasteiger partial charge in [-0.3, -0.25) is 4.79 Å². The van der Waals surface area contributed by atoms with E-state index < -0.39 is 0 Å². The largest absolute Gasteiger partial charge is 0.490 e. The van der Waals surface area contributed by atoms with Gasteiger partial charge in [0.05, 0.1) is 11.5 Å². The maximum absolute atomic E-state index is 12.8. The number of allylic oxidation sites excluding steroid dienone is 2. The third kappa shape index (κ3) is 5.00. The van der Waals surface area contributed by atoms with Crippen molar-refractivity contribution in [1.82, 2.24) is 0 Å². The molecule has 0 radical (unpaired) electrons. The van der Waals surface area contributed by atoms with Crippen molar-refractivity contribution in [3.8, 4) is 11.5 Å². The Labute approximate surface area is 201 Å². The lowest BCUT2D eigenvalue weighted by Crippen LogP contribution is -2.03. The van der Waals surface area contributed by atoms with Crippen LogP contribution in [0.5, 0.6) is 11.5 Å². The maximum atomic E-state index is 12.8. The van der Waals surface area contributed by atoms with Crippen LogP contribution in [0.25, 0.3) is 6.08 Å². The molecule has 1 aliphatic rings. The minimum absolute atomic E-state index is 0.0596. The molecule has 3 nitrogen and oxygen atoms in total. The fourth-order valence-corrected chi connectivity index (χ4v) is 4.84. The average molecular weight is 507 g/mol. The summed E-state index contributed by atoms with van der Waals surface area (Å²) in [6, 6.07) is 19.7. The Bertz CT molecular complexity index is 1180. The van der Waals surface area contributed by atoms with Gasteiger partial charge in [0.25, 0.3) is 0 Å². The molecule has 162 valence electrons. The topological polar surface area (TPSA) is 35.5 Å². The number of ether oxygens (including phenoxy) is 2.